The van der Waals surface area contributed by atoms with E-state index in [2.05, 4.69) is 5.32 Å². The maximum atomic E-state index is 11.6. The van der Waals surface area contributed by atoms with Gasteiger partial charge in [0.25, 0.3) is 0 Å². The van der Waals surface area contributed by atoms with Gasteiger partial charge in [0.05, 0.1) is 6.04 Å². The van der Waals surface area contributed by atoms with Gasteiger partial charge in [0.2, 0.25) is 0 Å². The van der Waals surface area contributed by atoms with Crippen molar-refractivity contribution >= 4 is 17.8 Å². The predicted octanol–water partition coefficient (Wildman–Crippen LogP) is 1.58. The number of amides is 1. The van der Waals surface area contributed by atoms with Gasteiger partial charge in [-0.05, 0) is 26.7 Å². The number of carboxylic acids is 1. The Kier molecular flexibility index (Phi) is 5.81. The molecular formula is C12H21NO5. The molecule has 0 saturated carbocycles. The third-order valence-electron chi connectivity index (χ3n) is 2.01. The van der Waals surface area contributed by atoms with Gasteiger partial charge in [-0.1, -0.05) is 13.8 Å². The second-order valence-corrected chi connectivity index (χ2v) is 5.40. The average Bonchev–Trinajstić information content (AvgIpc) is 2.09. The fraction of sp³-hybridized carbons (Fsp3) is 0.750. The van der Waals surface area contributed by atoms with Gasteiger partial charge in [-0.15, -0.1) is 0 Å². The summed E-state index contributed by atoms with van der Waals surface area (Å²) < 4.78 is 5.02. The molecule has 0 saturated heterocycles. The summed E-state index contributed by atoms with van der Waals surface area (Å²) in [6.45, 7) is 8.56. The van der Waals surface area contributed by atoms with Crippen molar-refractivity contribution in [2.45, 2.75) is 52.7 Å². The topological polar surface area (TPSA) is 92.7 Å². The van der Waals surface area contributed by atoms with E-state index in [-0.39, 0.29) is 5.92 Å². The highest BCUT2D eigenvalue weighted by molar-refractivity contribution is 5.99. The third-order valence-corrected chi connectivity index (χ3v) is 2.01. The van der Waals surface area contributed by atoms with Crippen LogP contribution in [0.25, 0.3) is 0 Å². The second kappa shape index (κ2) is 6.37. The standard InChI is InChI=1S/C12H21NO5/c1-7(2)10(8(14)6-9(15)16)13-11(17)18-12(3,4)5/h7,10H,6H2,1-5H3,(H,13,17)(H,15,16). The van der Waals surface area contributed by atoms with Gasteiger partial charge in [-0.2, -0.15) is 0 Å². The smallest absolute Gasteiger partial charge is 0.408 e. The van der Waals surface area contributed by atoms with Crippen molar-refractivity contribution in [2.24, 2.45) is 5.92 Å². The van der Waals surface area contributed by atoms with Gasteiger partial charge < -0.3 is 15.2 Å². The lowest BCUT2D eigenvalue weighted by molar-refractivity contribution is -0.141. The number of carbonyl (C=O) groups excluding carboxylic acids is 2. The van der Waals surface area contributed by atoms with Crippen LogP contribution in [0.5, 0.6) is 0 Å². The minimum atomic E-state index is -1.21. The van der Waals surface area contributed by atoms with Gasteiger partial charge >= 0.3 is 12.1 Å². The molecule has 0 aromatic heterocycles. The zero-order chi connectivity index (χ0) is 14.5. The van der Waals surface area contributed by atoms with E-state index in [4.69, 9.17) is 9.84 Å². The van der Waals surface area contributed by atoms with Crippen molar-refractivity contribution in [3.05, 3.63) is 0 Å². The molecule has 1 atom stereocenters. The first-order valence-corrected chi connectivity index (χ1v) is 5.77. The highest BCUT2D eigenvalue weighted by atomic mass is 16.6. The minimum absolute atomic E-state index is 0.204. The number of hydrogen-bond donors (Lipinski definition) is 2. The number of rotatable bonds is 5. The SMILES string of the molecule is CC(C)C(NC(=O)OC(C)(C)C)C(=O)CC(=O)O. The first-order valence-electron chi connectivity index (χ1n) is 5.77. The summed E-state index contributed by atoms with van der Waals surface area (Å²) in [5.41, 5.74) is -0.665. The first-order chi connectivity index (χ1) is 8.03. The molecule has 1 unspecified atom stereocenters. The number of ketones is 1. The van der Waals surface area contributed by atoms with Crippen LogP contribution in [0.2, 0.25) is 0 Å². The maximum Gasteiger partial charge on any atom is 0.408 e. The quantitative estimate of drug-likeness (QED) is 0.731. The molecule has 0 radical (unpaired) electrons. The largest absolute Gasteiger partial charge is 0.481 e. The Morgan fingerprint density at radius 1 is 1.22 bits per heavy atom. The number of Topliss-reactive ketones (excluding diaryl/α,β-unsaturated/α-hetero) is 1. The molecule has 0 spiro atoms. The van der Waals surface area contributed by atoms with E-state index < -0.39 is 35.9 Å². The molecule has 0 aromatic carbocycles. The number of carbonyl (C=O) groups is 3. The third kappa shape index (κ3) is 6.88. The number of alkyl carbamates (subject to hydrolysis) is 1. The Balaban J connectivity index is 4.59. The molecule has 18 heavy (non-hydrogen) atoms. The summed E-state index contributed by atoms with van der Waals surface area (Å²) in [6, 6.07) is -0.851. The minimum Gasteiger partial charge on any atom is -0.481 e. The van der Waals surface area contributed by atoms with E-state index in [1.165, 1.54) is 0 Å². The van der Waals surface area contributed by atoms with Gasteiger partial charge in [0.15, 0.2) is 5.78 Å². The van der Waals surface area contributed by atoms with Crippen molar-refractivity contribution in [1.82, 2.24) is 5.32 Å². The van der Waals surface area contributed by atoms with Crippen LogP contribution in [0.4, 0.5) is 4.79 Å². The van der Waals surface area contributed by atoms with Gasteiger partial charge in [-0.3, -0.25) is 9.59 Å². The molecule has 1 amide bonds. The van der Waals surface area contributed by atoms with Crippen molar-refractivity contribution in [1.29, 1.82) is 0 Å². The molecule has 0 fully saturated rings. The number of carboxylic acid groups (broad SMARTS) is 1. The van der Waals surface area contributed by atoms with Crippen molar-refractivity contribution in [3.63, 3.8) is 0 Å². The molecular weight excluding hydrogens is 238 g/mol. The summed E-state index contributed by atoms with van der Waals surface area (Å²) in [7, 11) is 0. The van der Waals surface area contributed by atoms with Crippen LogP contribution in [0.1, 0.15) is 41.0 Å². The molecule has 104 valence electrons. The van der Waals surface area contributed by atoms with Crippen LogP contribution in [0, 0.1) is 5.92 Å². The number of ether oxygens (including phenoxy) is 1. The molecule has 0 bridgehead atoms. The Hall–Kier alpha value is -1.59. The van der Waals surface area contributed by atoms with Crippen LogP contribution in [-0.2, 0) is 14.3 Å². The lowest BCUT2D eigenvalue weighted by Gasteiger charge is -2.24. The summed E-state index contributed by atoms with van der Waals surface area (Å²) in [6.07, 6.45) is -1.33. The van der Waals surface area contributed by atoms with Crippen LogP contribution in [0.15, 0.2) is 0 Å². The van der Waals surface area contributed by atoms with E-state index >= 15 is 0 Å². The lowest BCUT2D eigenvalue weighted by Crippen LogP contribution is -2.46. The molecule has 0 aliphatic rings. The molecule has 0 aliphatic heterocycles. The zero-order valence-corrected chi connectivity index (χ0v) is 11.4. The Morgan fingerprint density at radius 3 is 2.06 bits per heavy atom. The van der Waals surface area contributed by atoms with E-state index in [1.54, 1.807) is 34.6 Å². The highest BCUT2D eigenvalue weighted by Crippen LogP contribution is 2.10. The van der Waals surface area contributed by atoms with Crippen molar-refractivity contribution in [2.75, 3.05) is 0 Å². The lowest BCUT2D eigenvalue weighted by atomic mass is 9.98. The highest BCUT2D eigenvalue weighted by Gasteiger charge is 2.27. The van der Waals surface area contributed by atoms with E-state index in [0.717, 1.165) is 0 Å². The monoisotopic (exact) mass is 259 g/mol. The van der Waals surface area contributed by atoms with E-state index in [1.807, 2.05) is 0 Å². The maximum absolute atomic E-state index is 11.6. The van der Waals surface area contributed by atoms with Crippen LogP contribution in [-0.4, -0.2) is 34.6 Å². The summed E-state index contributed by atoms with van der Waals surface area (Å²) in [5, 5.41) is 11.0. The normalized spacial score (nSPS) is 13.0. The number of hydrogen-bond acceptors (Lipinski definition) is 4. The van der Waals surface area contributed by atoms with Gasteiger partial charge in [-0.25, -0.2) is 4.79 Å². The Bertz CT molecular complexity index is 330. The fourth-order valence-electron chi connectivity index (χ4n) is 1.31. The number of nitrogens with one attached hydrogen (secondary N) is 1. The molecule has 0 aliphatic carbocycles. The fourth-order valence-corrected chi connectivity index (χ4v) is 1.31. The first kappa shape index (κ1) is 16.4. The van der Waals surface area contributed by atoms with E-state index in [9.17, 15) is 14.4 Å². The Morgan fingerprint density at radius 2 is 1.72 bits per heavy atom. The van der Waals surface area contributed by atoms with Crippen LogP contribution < -0.4 is 5.32 Å². The van der Waals surface area contributed by atoms with Gasteiger partial charge in [0.1, 0.15) is 12.0 Å². The molecule has 6 nitrogen and oxygen atoms in total. The number of aliphatic carboxylic acids is 1. The second-order valence-electron chi connectivity index (χ2n) is 5.40. The van der Waals surface area contributed by atoms with Crippen molar-refractivity contribution < 1.29 is 24.2 Å². The molecule has 2 N–H and O–H groups in total. The molecule has 0 heterocycles. The average molecular weight is 259 g/mol. The summed E-state index contributed by atoms with van der Waals surface area (Å²) >= 11 is 0. The predicted molar refractivity (Wildman–Crippen MR) is 65.3 cm³/mol. The zero-order valence-electron chi connectivity index (χ0n) is 11.4. The summed E-state index contributed by atoms with van der Waals surface area (Å²) in [5.74, 6) is -1.95. The van der Waals surface area contributed by atoms with E-state index in [0.29, 0.717) is 0 Å². The molecule has 6 heteroatoms. The van der Waals surface area contributed by atoms with Crippen molar-refractivity contribution in [3.8, 4) is 0 Å². The molecule has 0 rings (SSSR count). The Labute approximate surface area is 107 Å². The van der Waals surface area contributed by atoms with Crippen LogP contribution in [0.3, 0.4) is 0 Å². The molecule has 0 aromatic rings. The van der Waals surface area contributed by atoms with Crippen LogP contribution >= 0.6 is 0 Å². The summed E-state index contributed by atoms with van der Waals surface area (Å²) in [4.78, 5) is 33.7. The van der Waals surface area contributed by atoms with Gasteiger partial charge in [0, 0.05) is 0 Å².